The van der Waals surface area contributed by atoms with Gasteiger partial charge in [-0.3, -0.25) is 4.79 Å². The summed E-state index contributed by atoms with van der Waals surface area (Å²) in [6.07, 6.45) is 1.16. The summed E-state index contributed by atoms with van der Waals surface area (Å²) < 4.78 is 0. The molecule has 0 aliphatic carbocycles. The van der Waals surface area contributed by atoms with Crippen molar-refractivity contribution < 1.29 is 4.79 Å². The molecule has 0 bridgehead atoms. The van der Waals surface area contributed by atoms with Gasteiger partial charge in [0.2, 0.25) is 5.91 Å². The van der Waals surface area contributed by atoms with Crippen LogP contribution in [0.4, 0.5) is 0 Å². The van der Waals surface area contributed by atoms with E-state index in [0.29, 0.717) is 12.8 Å². The van der Waals surface area contributed by atoms with Crippen LogP contribution in [0.15, 0.2) is 60.7 Å². The highest BCUT2D eigenvalue weighted by atomic mass is 16.1. The van der Waals surface area contributed by atoms with Crippen LogP contribution in [0.2, 0.25) is 0 Å². The van der Waals surface area contributed by atoms with Crippen LogP contribution >= 0.6 is 0 Å². The van der Waals surface area contributed by atoms with Gasteiger partial charge in [-0.25, -0.2) is 0 Å². The summed E-state index contributed by atoms with van der Waals surface area (Å²) in [5.41, 5.74) is 7.10. The van der Waals surface area contributed by atoms with Crippen molar-refractivity contribution in [2.75, 3.05) is 7.05 Å². The van der Waals surface area contributed by atoms with Crippen molar-refractivity contribution in [3.05, 3.63) is 71.8 Å². The van der Waals surface area contributed by atoms with E-state index in [4.69, 9.17) is 5.73 Å². The monoisotopic (exact) mass is 268 g/mol. The average Bonchev–Trinajstić information content (AvgIpc) is 2.48. The molecule has 2 aromatic rings. The highest BCUT2D eigenvalue weighted by molar-refractivity contribution is 5.85. The number of carbonyl (C=O) groups is 1. The first-order chi connectivity index (χ1) is 9.66. The lowest BCUT2D eigenvalue weighted by Gasteiger charge is -2.30. The van der Waals surface area contributed by atoms with Gasteiger partial charge in [0.15, 0.2) is 0 Å². The lowest BCUT2D eigenvalue weighted by atomic mass is 9.84. The molecule has 0 aliphatic heterocycles. The van der Waals surface area contributed by atoms with Crippen LogP contribution in [0.25, 0.3) is 0 Å². The Kier molecular flexibility index (Phi) is 4.53. The number of rotatable bonds is 6. The third kappa shape index (κ3) is 3.25. The molecule has 0 saturated carbocycles. The standard InChI is InChI=1S/C17H20N2O/c1-19-17(16(18)20,12-14-8-4-2-5-9-14)13-15-10-6-3-7-11-15/h2-11,19H,12-13H2,1H3,(H2,18,20). The molecule has 0 atom stereocenters. The fraction of sp³-hybridized carbons (Fsp3) is 0.235. The van der Waals surface area contributed by atoms with Crippen LogP contribution in [-0.2, 0) is 17.6 Å². The molecular formula is C17H20N2O. The molecule has 20 heavy (non-hydrogen) atoms. The van der Waals surface area contributed by atoms with Gasteiger partial charge in [0.25, 0.3) is 0 Å². The molecular weight excluding hydrogens is 248 g/mol. The quantitative estimate of drug-likeness (QED) is 0.841. The number of hydrogen-bond donors (Lipinski definition) is 2. The van der Waals surface area contributed by atoms with E-state index in [1.165, 1.54) is 0 Å². The number of likely N-dealkylation sites (N-methyl/N-ethyl adjacent to an activating group) is 1. The van der Waals surface area contributed by atoms with Crippen molar-refractivity contribution in [1.82, 2.24) is 5.32 Å². The first kappa shape index (κ1) is 14.3. The fourth-order valence-electron chi connectivity index (χ4n) is 2.43. The van der Waals surface area contributed by atoms with Crippen molar-refractivity contribution >= 4 is 5.91 Å². The predicted octanol–water partition coefficient (Wildman–Crippen LogP) is 1.92. The third-order valence-corrected chi connectivity index (χ3v) is 3.65. The second-order valence-corrected chi connectivity index (χ2v) is 5.02. The molecule has 0 radical (unpaired) electrons. The van der Waals surface area contributed by atoms with Crippen LogP contribution in [0, 0.1) is 0 Å². The van der Waals surface area contributed by atoms with Crippen molar-refractivity contribution in [2.45, 2.75) is 18.4 Å². The van der Waals surface area contributed by atoms with Crippen molar-refractivity contribution in [3.63, 3.8) is 0 Å². The van der Waals surface area contributed by atoms with E-state index in [2.05, 4.69) is 5.32 Å². The van der Waals surface area contributed by atoms with Crippen molar-refractivity contribution in [1.29, 1.82) is 0 Å². The van der Waals surface area contributed by atoms with Crippen molar-refractivity contribution in [3.8, 4) is 0 Å². The Morgan fingerprint density at radius 2 is 1.35 bits per heavy atom. The highest BCUT2D eigenvalue weighted by Crippen LogP contribution is 2.19. The van der Waals surface area contributed by atoms with Gasteiger partial charge in [0, 0.05) is 0 Å². The van der Waals surface area contributed by atoms with Gasteiger partial charge in [-0.15, -0.1) is 0 Å². The number of nitrogens with two attached hydrogens (primary N) is 1. The maximum Gasteiger partial charge on any atom is 0.238 e. The van der Waals surface area contributed by atoms with Gasteiger partial charge >= 0.3 is 0 Å². The Bertz CT molecular complexity index is 510. The maximum absolute atomic E-state index is 12.0. The van der Waals surface area contributed by atoms with Crippen LogP contribution in [0.3, 0.4) is 0 Å². The Balaban J connectivity index is 2.28. The third-order valence-electron chi connectivity index (χ3n) is 3.65. The van der Waals surface area contributed by atoms with Gasteiger partial charge in [-0.2, -0.15) is 0 Å². The molecule has 0 heterocycles. The van der Waals surface area contributed by atoms with Gasteiger partial charge in [0.05, 0.1) is 0 Å². The molecule has 0 spiro atoms. The van der Waals surface area contributed by atoms with Gasteiger partial charge in [-0.1, -0.05) is 60.7 Å². The first-order valence-corrected chi connectivity index (χ1v) is 6.73. The number of nitrogens with one attached hydrogen (secondary N) is 1. The highest BCUT2D eigenvalue weighted by Gasteiger charge is 2.35. The Morgan fingerprint density at radius 3 is 1.65 bits per heavy atom. The molecule has 0 aromatic heterocycles. The van der Waals surface area contributed by atoms with E-state index in [1.807, 2.05) is 60.7 Å². The Labute approximate surface area is 119 Å². The number of benzene rings is 2. The molecule has 0 unspecified atom stereocenters. The SMILES string of the molecule is CNC(Cc1ccccc1)(Cc1ccccc1)C(N)=O. The summed E-state index contributed by atoms with van der Waals surface area (Å²) in [5, 5.41) is 3.14. The number of hydrogen-bond acceptors (Lipinski definition) is 2. The molecule has 2 rings (SSSR count). The summed E-state index contributed by atoms with van der Waals surface area (Å²) >= 11 is 0. The molecule has 2 aromatic carbocycles. The van der Waals surface area contributed by atoms with Crippen LogP contribution in [-0.4, -0.2) is 18.5 Å². The zero-order chi connectivity index (χ0) is 14.4. The smallest absolute Gasteiger partial charge is 0.238 e. The van der Waals surface area contributed by atoms with E-state index >= 15 is 0 Å². The molecule has 104 valence electrons. The van der Waals surface area contributed by atoms with E-state index in [0.717, 1.165) is 11.1 Å². The second kappa shape index (κ2) is 6.35. The van der Waals surface area contributed by atoms with Crippen LogP contribution < -0.4 is 11.1 Å². The lowest BCUT2D eigenvalue weighted by molar-refractivity contribution is -0.124. The zero-order valence-electron chi connectivity index (χ0n) is 11.7. The molecule has 0 fully saturated rings. The van der Waals surface area contributed by atoms with Crippen LogP contribution in [0.1, 0.15) is 11.1 Å². The molecule has 3 N–H and O–H groups in total. The molecule has 0 saturated heterocycles. The first-order valence-electron chi connectivity index (χ1n) is 6.73. The largest absolute Gasteiger partial charge is 0.368 e. The molecule has 3 nitrogen and oxygen atoms in total. The fourth-order valence-corrected chi connectivity index (χ4v) is 2.43. The van der Waals surface area contributed by atoms with Crippen molar-refractivity contribution in [2.24, 2.45) is 5.73 Å². The molecule has 3 heteroatoms. The summed E-state index contributed by atoms with van der Waals surface area (Å²) in [4.78, 5) is 12.0. The maximum atomic E-state index is 12.0. The number of amides is 1. The topological polar surface area (TPSA) is 55.1 Å². The number of primary amides is 1. The minimum Gasteiger partial charge on any atom is -0.368 e. The van der Waals surface area contributed by atoms with E-state index in [1.54, 1.807) is 7.05 Å². The molecule has 1 amide bonds. The van der Waals surface area contributed by atoms with E-state index in [9.17, 15) is 4.79 Å². The zero-order valence-corrected chi connectivity index (χ0v) is 11.7. The summed E-state index contributed by atoms with van der Waals surface area (Å²) in [5.74, 6) is -0.326. The summed E-state index contributed by atoms with van der Waals surface area (Å²) in [7, 11) is 1.79. The van der Waals surface area contributed by atoms with Gasteiger partial charge < -0.3 is 11.1 Å². The minimum atomic E-state index is -0.761. The van der Waals surface area contributed by atoms with Gasteiger partial charge in [0.1, 0.15) is 5.54 Å². The van der Waals surface area contributed by atoms with Gasteiger partial charge in [-0.05, 0) is 31.0 Å². The minimum absolute atomic E-state index is 0.326. The summed E-state index contributed by atoms with van der Waals surface area (Å²) in [6.45, 7) is 0. The molecule has 0 aliphatic rings. The van der Waals surface area contributed by atoms with Crippen LogP contribution in [0.5, 0.6) is 0 Å². The lowest BCUT2D eigenvalue weighted by Crippen LogP contribution is -2.57. The number of carbonyl (C=O) groups excluding carboxylic acids is 1. The predicted molar refractivity (Wildman–Crippen MR) is 81.3 cm³/mol. The average molecular weight is 268 g/mol. The Hall–Kier alpha value is -2.13. The van der Waals surface area contributed by atoms with E-state index < -0.39 is 5.54 Å². The summed E-state index contributed by atoms with van der Waals surface area (Å²) in [6, 6.07) is 19.9. The Morgan fingerprint density at radius 1 is 0.950 bits per heavy atom. The van der Waals surface area contributed by atoms with E-state index in [-0.39, 0.29) is 5.91 Å². The second-order valence-electron chi connectivity index (χ2n) is 5.02. The normalized spacial score (nSPS) is 11.2.